The molecule has 1 unspecified atom stereocenters. The van der Waals surface area contributed by atoms with Crippen LogP contribution in [0.4, 0.5) is 10.1 Å². The van der Waals surface area contributed by atoms with Crippen LogP contribution in [0.25, 0.3) is 0 Å². The minimum Gasteiger partial charge on any atom is -0.316 e. The largest absolute Gasteiger partial charge is 0.316 e. The molecular weight excluding hydrogens is 383 g/mol. The molecule has 0 bridgehead atoms. The second-order valence-corrected chi connectivity index (χ2v) is 6.86. The van der Waals surface area contributed by atoms with Crippen LogP contribution in [0.2, 0.25) is 0 Å². The summed E-state index contributed by atoms with van der Waals surface area (Å²) in [6.45, 7) is 0.807. The minimum absolute atomic E-state index is 0.159. The first-order valence-corrected chi connectivity index (χ1v) is 9.36. The number of hydroxylamine groups is 2. The molecule has 1 aromatic carbocycles. The maximum Gasteiger partial charge on any atom is 0.251 e. The van der Waals surface area contributed by atoms with Crippen LogP contribution in [-0.2, 0) is 22.7 Å². The van der Waals surface area contributed by atoms with Gasteiger partial charge in [0.05, 0.1) is 12.7 Å². The third-order valence-corrected chi connectivity index (χ3v) is 4.81. The summed E-state index contributed by atoms with van der Waals surface area (Å²) in [7, 11) is 0. The van der Waals surface area contributed by atoms with Gasteiger partial charge < -0.3 is 10.1 Å². The van der Waals surface area contributed by atoms with Crippen LogP contribution >= 0.6 is 0 Å². The third-order valence-electron chi connectivity index (χ3n) is 4.81. The number of anilines is 1. The maximum absolute atomic E-state index is 13.5. The summed E-state index contributed by atoms with van der Waals surface area (Å²) < 4.78 is 15.2. The van der Waals surface area contributed by atoms with Gasteiger partial charge in [0.2, 0.25) is 5.91 Å². The van der Waals surface area contributed by atoms with Gasteiger partial charge in [-0.2, -0.15) is 5.48 Å². The van der Waals surface area contributed by atoms with Crippen LogP contribution in [0.5, 0.6) is 0 Å². The van der Waals surface area contributed by atoms with Crippen molar-refractivity contribution in [3.63, 3.8) is 0 Å². The van der Waals surface area contributed by atoms with E-state index in [0.29, 0.717) is 36.3 Å². The Morgan fingerprint density at radius 3 is 2.76 bits per heavy atom. The first-order valence-electron chi connectivity index (χ1n) is 9.36. The van der Waals surface area contributed by atoms with Crippen molar-refractivity contribution in [3.8, 4) is 0 Å². The van der Waals surface area contributed by atoms with Gasteiger partial charge in [0.15, 0.2) is 0 Å². The number of halogens is 1. The molecule has 3 rings (SSSR count). The fraction of sp³-hybridized carbons (Fsp3) is 0.444. The van der Waals surface area contributed by atoms with Crippen molar-refractivity contribution in [2.75, 3.05) is 4.90 Å². The summed E-state index contributed by atoms with van der Waals surface area (Å²) in [6.07, 6.45) is 5.36. The molecule has 1 aromatic heterocycles. The molecule has 0 radical (unpaired) electrons. The molecule has 1 atom stereocenters. The number of aromatic nitrogens is 3. The summed E-state index contributed by atoms with van der Waals surface area (Å²) in [6, 6.07) is 2.98. The normalized spacial score (nSPS) is 15.6. The van der Waals surface area contributed by atoms with E-state index in [1.807, 2.05) is 5.48 Å². The number of carbonyl (C=O) groups is 2. The number of rotatable bonds is 10. The Morgan fingerprint density at radius 2 is 2.00 bits per heavy atom. The Labute approximate surface area is 166 Å². The first-order chi connectivity index (χ1) is 14.0. The highest BCUT2D eigenvalue weighted by atomic mass is 19.1. The van der Waals surface area contributed by atoms with E-state index >= 15 is 0 Å². The molecule has 11 heteroatoms. The van der Waals surface area contributed by atoms with Crippen molar-refractivity contribution in [1.82, 2.24) is 26.0 Å². The van der Waals surface area contributed by atoms with Crippen LogP contribution in [0.1, 0.15) is 49.4 Å². The predicted molar refractivity (Wildman–Crippen MR) is 98.3 cm³/mol. The summed E-state index contributed by atoms with van der Waals surface area (Å²) in [5.41, 5.74) is 5.01. The SMILES string of the molecule is O=C(CCCCCCn1cc(CN2C(=O)C(NO)c3cc(F)ccc32)nn1)NO. The number of carbonyl (C=O) groups excluding carboxylic acids is 2. The molecule has 0 fully saturated rings. The molecule has 10 nitrogen and oxygen atoms in total. The lowest BCUT2D eigenvalue weighted by molar-refractivity contribution is -0.129. The molecule has 2 aromatic rings. The first kappa shape index (κ1) is 20.8. The zero-order valence-electron chi connectivity index (χ0n) is 15.7. The van der Waals surface area contributed by atoms with E-state index in [-0.39, 0.29) is 12.5 Å². The molecule has 156 valence electrons. The average molecular weight is 406 g/mol. The number of unbranched alkanes of at least 4 members (excludes halogenated alkanes) is 3. The van der Waals surface area contributed by atoms with Gasteiger partial charge in [0, 0.05) is 24.2 Å². The van der Waals surface area contributed by atoms with Gasteiger partial charge in [-0.25, -0.2) is 9.87 Å². The van der Waals surface area contributed by atoms with Gasteiger partial charge in [-0.1, -0.05) is 18.1 Å². The second-order valence-electron chi connectivity index (χ2n) is 6.86. The van der Waals surface area contributed by atoms with Crippen molar-refractivity contribution in [1.29, 1.82) is 0 Å². The van der Waals surface area contributed by atoms with E-state index in [2.05, 4.69) is 10.3 Å². The molecule has 0 saturated carbocycles. The van der Waals surface area contributed by atoms with E-state index in [9.17, 15) is 19.2 Å². The zero-order chi connectivity index (χ0) is 20.8. The van der Waals surface area contributed by atoms with Gasteiger partial charge in [-0.15, -0.1) is 5.10 Å². The number of nitrogens with zero attached hydrogens (tertiary/aromatic N) is 4. The number of benzene rings is 1. The third kappa shape index (κ3) is 4.94. The van der Waals surface area contributed by atoms with Crippen molar-refractivity contribution in [3.05, 3.63) is 41.5 Å². The van der Waals surface area contributed by atoms with Crippen LogP contribution in [-0.4, -0.2) is 37.2 Å². The van der Waals surface area contributed by atoms with Gasteiger partial charge >= 0.3 is 0 Å². The topological polar surface area (TPSA) is 133 Å². The minimum atomic E-state index is -1.01. The Balaban J connectivity index is 1.53. The number of fused-ring (bicyclic) bond motifs is 1. The molecule has 0 spiro atoms. The highest BCUT2D eigenvalue weighted by Crippen LogP contribution is 2.36. The number of hydrogen-bond donors (Lipinski definition) is 4. The quantitative estimate of drug-likeness (QED) is 0.267. The zero-order valence-corrected chi connectivity index (χ0v) is 15.7. The smallest absolute Gasteiger partial charge is 0.251 e. The highest BCUT2D eigenvalue weighted by Gasteiger charge is 2.37. The van der Waals surface area contributed by atoms with Crippen LogP contribution in [0, 0.1) is 5.82 Å². The van der Waals surface area contributed by atoms with Crippen LogP contribution in [0.15, 0.2) is 24.4 Å². The molecule has 4 N–H and O–H groups in total. The number of hydrogen-bond acceptors (Lipinski definition) is 7. The highest BCUT2D eigenvalue weighted by molar-refractivity contribution is 6.04. The van der Waals surface area contributed by atoms with Gasteiger partial charge in [0.1, 0.15) is 17.6 Å². The Morgan fingerprint density at radius 1 is 1.21 bits per heavy atom. The van der Waals surface area contributed by atoms with E-state index in [0.717, 1.165) is 19.3 Å². The summed E-state index contributed by atoms with van der Waals surface area (Å²) >= 11 is 0. The fourth-order valence-corrected chi connectivity index (χ4v) is 3.35. The molecule has 29 heavy (non-hydrogen) atoms. The van der Waals surface area contributed by atoms with Crippen molar-refractivity contribution in [2.24, 2.45) is 0 Å². The molecule has 2 heterocycles. The number of amides is 2. The Bertz CT molecular complexity index is 874. The Hall–Kier alpha value is -2.89. The summed E-state index contributed by atoms with van der Waals surface area (Å²) in [5, 5.41) is 25.8. The maximum atomic E-state index is 13.5. The van der Waals surface area contributed by atoms with Crippen LogP contribution in [0.3, 0.4) is 0 Å². The molecule has 2 amide bonds. The monoisotopic (exact) mass is 406 g/mol. The van der Waals surface area contributed by atoms with Gasteiger partial charge in [-0.05, 0) is 31.0 Å². The fourth-order valence-electron chi connectivity index (χ4n) is 3.35. The van der Waals surface area contributed by atoms with Crippen LogP contribution < -0.4 is 15.9 Å². The lowest BCUT2D eigenvalue weighted by Gasteiger charge is -2.16. The van der Waals surface area contributed by atoms with E-state index in [1.165, 1.54) is 23.1 Å². The number of aryl methyl sites for hydroxylation is 1. The van der Waals surface area contributed by atoms with Gasteiger partial charge in [-0.3, -0.25) is 19.5 Å². The Kier molecular flexibility index (Phi) is 6.86. The lowest BCUT2D eigenvalue weighted by atomic mass is 10.1. The molecule has 1 aliphatic heterocycles. The average Bonchev–Trinajstić information content (AvgIpc) is 3.26. The van der Waals surface area contributed by atoms with E-state index in [1.54, 1.807) is 16.4 Å². The molecular formula is C18H23FN6O4. The summed E-state index contributed by atoms with van der Waals surface area (Å²) in [5.74, 6) is -1.26. The van der Waals surface area contributed by atoms with E-state index in [4.69, 9.17) is 5.21 Å². The number of nitrogens with one attached hydrogen (secondary N) is 2. The van der Waals surface area contributed by atoms with Gasteiger partial charge in [0.25, 0.3) is 5.91 Å². The lowest BCUT2D eigenvalue weighted by Crippen LogP contribution is -2.33. The van der Waals surface area contributed by atoms with E-state index < -0.39 is 17.8 Å². The molecule has 0 saturated heterocycles. The second kappa shape index (κ2) is 9.54. The van der Waals surface area contributed by atoms with Crippen molar-refractivity contribution in [2.45, 2.75) is 51.2 Å². The standard InChI is InChI=1S/C18H23FN6O4/c19-12-6-7-15-14(9-12)17(22-29)18(27)25(15)11-13-10-24(23-20-13)8-4-2-1-3-5-16(26)21-28/h6-7,9-10,17,22,28-29H,1-5,8,11H2,(H,21,26). The predicted octanol–water partition coefficient (Wildman–Crippen LogP) is 1.44. The van der Waals surface area contributed by atoms with Crippen molar-refractivity contribution >= 4 is 17.5 Å². The summed E-state index contributed by atoms with van der Waals surface area (Å²) in [4.78, 5) is 24.9. The molecule has 0 aliphatic carbocycles. The van der Waals surface area contributed by atoms with Crippen molar-refractivity contribution < 1.29 is 24.4 Å². The molecule has 1 aliphatic rings.